The number of nitriles is 1. The van der Waals surface area contributed by atoms with Crippen molar-refractivity contribution < 1.29 is 18.0 Å². The molecule has 28 heavy (non-hydrogen) atoms. The third kappa shape index (κ3) is 3.07. The van der Waals surface area contributed by atoms with E-state index in [2.05, 4.69) is 20.5 Å². The number of anilines is 1. The van der Waals surface area contributed by atoms with Gasteiger partial charge in [0, 0.05) is 22.8 Å². The Morgan fingerprint density at radius 1 is 1.29 bits per heavy atom. The molecule has 0 aliphatic rings. The summed E-state index contributed by atoms with van der Waals surface area (Å²) >= 11 is 0. The number of benzene rings is 1. The van der Waals surface area contributed by atoms with Gasteiger partial charge in [-0.1, -0.05) is 0 Å². The van der Waals surface area contributed by atoms with Gasteiger partial charge in [-0.15, -0.1) is 0 Å². The number of halogens is 2. The van der Waals surface area contributed by atoms with Gasteiger partial charge >= 0.3 is 0 Å². The minimum absolute atomic E-state index is 0.0450. The molecule has 0 spiro atoms. The summed E-state index contributed by atoms with van der Waals surface area (Å²) in [7, 11) is 0. The number of fused-ring (bicyclic) bond motifs is 1. The normalized spacial score (nSPS) is 10.9. The van der Waals surface area contributed by atoms with E-state index in [0.29, 0.717) is 11.4 Å². The zero-order valence-corrected chi connectivity index (χ0v) is 14.1. The number of carbonyl (C=O) groups is 1. The number of H-pyrrole nitrogens is 1. The van der Waals surface area contributed by atoms with Gasteiger partial charge in [0.1, 0.15) is 17.5 Å². The van der Waals surface area contributed by atoms with Crippen LogP contribution in [0.1, 0.15) is 28.0 Å². The first kappa shape index (κ1) is 17.4. The fourth-order valence-electron chi connectivity index (χ4n) is 2.80. The van der Waals surface area contributed by atoms with Gasteiger partial charge in [-0.25, -0.2) is 13.8 Å². The van der Waals surface area contributed by atoms with Crippen LogP contribution in [0, 0.1) is 11.3 Å². The average molecular weight is 379 g/mol. The van der Waals surface area contributed by atoms with Crippen LogP contribution >= 0.6 is 0 Å². The SMILES string of the molecule is N#Cc1cnc(C(=O)Nc2ccc3[nH]nc(-c4ccoc4)c3c2)c(C(F)F)c1. The van der Waals surface area contributed by atoms with Crippen molar-refractivity contribution in [2.45, 2.75) is 6.43 Å². The molecule has 0 aliphatic heterocycles. The van der Waals surface area contributed by atoms with E-state index < -0.39 is 23.6 Å². The van der Waals surface area contributed by atoms with Crippen LogP contribution < -0.4 is 5.32 Å². The smallest absolute Gasteiger partial charge is 0.274 e. The van der Waals surface area contributed by atoms with Gasteiger partial charge < -0.3 is 9.73 Å². The maximum atomic E-state index is 13.3. The Labute approximate surface area is 156 Å². The lowest BCUT2D eigenvalue weighted by Gasteiger charge is -2.09. The molecule has 1 aromatic carbocycles. The molecule has 138 valence electrons. The lowest BCUT2D eigenvalue weighted by molar-refractivity contribution is 0.100. The van der Waals surface area contributed by atoms with Gasteiger partial charge in [0.25, 0.3) is 12.3 Å². The van der Waals surface area contributed by atoms with Crippen molar-refractivity contribution in [2.24, 2.45) is 0 Å². The van der Waals surface area contributed by atoms with Crippen LogP contribution in [0.25, 0.3) is 22.2 Å². The number of amides is 1. The van der Waals surface area contributed by atoms with Crippen LogP contribution in [0.4, 0.5) is 14.5 Å². The van der Waals surface area contributed by atoms with Crippen molar-refractivity contribution in [1.82, 2.24) is 15.2 Å². The molecule has 3 aromatic heterocycles. The van der Waals surface area contributed by atoms with Crippen LogP contribution in [-0.2, 0) is 0 Å². The zero-order chi connectivity index (χ0) is 19.7. The number of carbonyl (C=O) groups excluding carboxylic acids is 1. The molecule has 1 amide bonds. The third-order valence-electron chi connectivity index (χ3n) is 4.11. The van der Waals surface area contributed by atoms with E-state index >= 15 is 0 Å². The molecular weight excluding hydrogens is 368 g/mol. The van der Waals surface area contributed by atoms with Crippen LogP contribution in [0.15, 0.2) is 53.5 Å². The molecule has 9 heteroatoms. The van der Waals surface area contributed by atoms with E-state index in [1.807, 2.05) is 0 Å². The van der Waals surface area contributed by atoms with E-state index in [-0.39, 0.29) is 5.56 Å². The number of pyridine rings is 1. The number of aromatic amines is 1. The Hall–Kier alpha value is -4.06. The van der Waals surface area contributed by atoms with Crippen molar-refractivity contribution in [2.75, 3.05) is 5.32 Å². The summed E-state index contributed by atoms with van der Waals surface area (Å²) < 4.78 is 31.6. The summed E-state index contributed by atoms with van der Waals surface area (Å²) in [6, 6.07) is 9.43. The predicted molar refractivity (Wildman–Crippen MR) is 95.7 cm³/mol. The van der Waals surface area contributed by atoms with E-state index in [0.717, 1.165) is 28.7 Å². The van der Waals surface area contributed by atoms with Gasteiger partial charge in [-0.05, 0) is 30.3 Å². The first-order valence-corrected chi connectivity index (χ1v) is 8.07. The number of alkyl halides is 2. The van der Waals surface area contributed by atoms with E-state index in [1.165, 1.54) is 12.5 Å². The maximum Gasteiger partial charge on any atom is 0.274 e. The lowest BCUT2D eigenvalue weighted by atomic mass is 10.1. The second kappa shape index (κ2) is 6.92. The van der Waals surface area contributed by atoms with Gasteiger partial charge in [0.05, 0.1) is 29.2 Å². The minimum atomic E-state index is -2.94. The Balaban J connectivity index is 1.68. The fraction of sp³-hybridized carbons (Fsp3) is 0.0526. The Morgan fingerprint density at radius 3 is 2.86 bits per heavy atom. The van der Waals surface area contributed by atoms with Crippen molar-refractivity contribution in [3.05, 3.63) is 65.9 Å². The molecule has 0 saturated heterocycles. The van der Waals surface area contributed by atoms with Crippen LogP contribution in [0.5, 0.6) is 0 Å². The molecule has 0 aliphatic carbocycles. The largest absolute Gasteiger partial charge is 0.472 e. The first-order chi connectivity index (χ1) is 13.6. The standard InChI is InChI=1S/C19H11F2N5O2/c20-18(21)14-5-10(7-22)8-23-17(14)19(27)24-12-1-2-15-13(6-12)16(26-25-15)11-3-4-28-9-11/h1-6,8-9,18H,(H,24,27)(H,25,26). The van der Waals surface area contributed by atoms with Gasteiger partial charge in [-0.3, -0.25) is 9.89 Å². The summed E-state index contributed by atoms with van der Waals surface area (Å²) in [4.78, 5) is 16.2. The molecule has 0 atom stereocenters. The van der Waals surface area contributed by atoms with Crippen molar-refractivity contribution in [3.8, 4) is 17.3 Å². The molecule has 7 nitrogen and oxygen atoms in total. The van der Waals surface area contributed by atoms with Crippen molar-refractivity contribution in [1.29, 1.82) is 5.26 Å². The number of aromatic nitrogens is 3. The molecule has 0 unspecified atom stereocenters. The Bertz CT molecular complexity index is 1210. The highest BCUT2D eigenvalue weighted by Crippen LogP contribution is 2.29. The Morgan fingerprint density at radius 2 is 2.14 bits per heavy atom. The van der Waals surface area contributed by atoms with Gasteiger partial charge in [-0.2, -0.15) is 10.4 Å². The number of hydrogen-bond acceptors (Lipinski definition) is 5. The topological polar surface area (TPSA) is 108 Å². The maximum absolute atomic E-state index is 13.3. The number of hydrogen-bond donors (Lipinski definition) is 2. The van der Waals surface area contributed by atoms with Crippen LogP contribution in [0.3, 0.4) is 0 Å². The number of nitrogens with zero attached hydrogens (tertiary/aromatic N) is 3. The summed E-state index contributed by atoms with van der Waals surface area (Å²) in [5.74, 6) is -0.799. The van der Waals surface area contributed by atoms with Gasteiger partial charge in [0.15, 0.2) is 0 Å². The average Bonchev–Trinajstić information content (AvgIpc) is 3.36. The fourth-order valence-corrected chi connectivity index (χ4v) is 2.80. The molecule has 3 heterocycles. The van der Waals surface area contributed by atoms with Crippen molar-refractivity contribution in [3.63, 3.8) is 0 Å². The van der Waals surface area contributed by atoms with Crippen LogP contribution in [0.2, 0.25) is 0 Å². The second-order valence-electron chi connectivity index (χ2n) is 5.87. The van der Waals surface area contributed by atoms with E-state index in [4.69, 9.17) is 9.68 Å². The number of furan rings is 1. The Kier molecular flexibility index (Phi) is 4.29. The molecule has 0 radical (unpaired) electrons. The summed E-state index contributed by atoms with van der Waals surface area (Å²) in [5.41, 5.74) is 1.43. The number of nitrogens with one attached hydrogen (secondary N) is 2. The second-order valence-corrected chi connectivity index (χ2v) is 5.87. The quantitative estimate of drug-likeness (QED) is 0.550. The third-order valence-corrected chi connectivity index (χ3v) is 4.11. The summed E-state index contributed by atoms with van der Waals surface area (Å²) in [6.45, 7) is 0. The van der Waals surface area contributed by atoms with E-state index in [9.17, 15) is 13.6 Å². The molecular formula is C19H11F2N5O2. The minimum Gasteiger partial charge on any atom is -0.472 e. The molecule has 0 saturated carbocycles. The highest BCUT2D eigenvalue weighted by Gasteiger charge is 2.21. The molecule has 2 N–H and O–H groups in total. The highest BCUT2D eigenvalue weighted by molar-refractivity contribution is 6.05. The first-order valence-electron chi connectivity index (χ1n) is 8.07. The predicted octanol–water partition coefficient (Wildman–Crippen LogP) is 4.28. The summed E-state index contributed by atoms with van der Waals surface area (Å²) in [6.07, 6.45) is 1.20. The van der Waals surface area contributed by atoms with Crippen molar-refractivity contribution >= 4 is 22.5 Å². The number of rotatable bonds is 4. The lowest BCUT2D eigenvalue weighted by Crippen LogP contribution is -2.16. The molecule has 0 bridgehead atoms. The zero-order valence-electron chi connectivity index (χ0n) is 14.1. The molecule has 0 fully saturated rings. The summed E-state index contributed by atoms with van der Waals surface area (Å²) in [5, 5.41) is 19.2. The van der Waals surface area contributed by atoms with Gasteiger partial charge in [0.2, 0.25) is 0 Å². The monoisotopic (exact) mass is 379 g/mol. The highest BCUT2D eigenvalue weighted by atomic mass is 19.3. The van der Waals surface area contributed by atoms with Crippen LogP contribution in [-0.4, -0.2) is 21.1 Å². The molecule has 4 rings (SSSR count). The molecule has 4 aromatic rings. The van der Waals surface area contributed by atoms with E-state index in [1.54, 1.807) is 30.3 Å².